The van der Waals surface area contributed by atoms with E-state index in [-0.39, 0.29) is 12.3 Å². The Kier molecular flexibility index (Phi) is 3.36. The Morgan fingerprint density at radius 2 is 2.10 bits per heavy atom. The monoisotopic (exact) mass is 280 g/mol. The zero-order chi connectivity index (χ0) is 14.8. The lowest BCUT2D eigenvalue weighted by molar-refractivity contribution is -0.308. The highest BCUT2D eigenvalue weighted by molar-refractivity contribution is 5.98. The molecule has 1 aromatic heterocycles. The summed E-state index contributed by atoms with van der Waals surface area (Å²) in [5, 5.41) is 13.0. The molecule has 1 aliphatic rings. The molecule has 0 N–H and O–H groups in total. The maximum atomic E-state index is 12.2. The van der Waals surface area contributed by atoms with E-state index in [9.17, 15) is 9.90 Å². The first-order valence-electron chi connectivity index (χ1n) is 6.60. The fourth-order valence-electron chi connectivity index (χ4n) is 2.46. The van der Waals surface area contributed by atoms with Crippen LogP contribution in [0.1, 0.15) is 10.4 Å². The molecular weight excluding hydrogens is 266 g/mol. The molecule has 0 unspecified atom stereocenters. The molecule has 0 fully saturated rings. The first-order valence-corrected chi connectivity index (χ1v) is 6.60. The average Bonchev–Trinajstić information content (AvgIpc) is 3.15. The van der Waals surface area contributed by atoms with Crippen molar-refractivity contribution < 1.29 is 14.6 Å². The van der Waals surface area contributed by atoms with Gasteiger partial charge in [-0.2, -0.15) is 0 Å². The minimum atomic E-state index is 0.0187. The van der Waals surface area contributed by atoms with Gasteiger partial charge >= 0.3 is 0 Å². The van der Waals surface area contributed by atoms with Crippen molar-refractivity contribution in [1.29, 1.82) is 0 Å². The number of fused-ring (bicyclic) bond motifs is 1. The average molecular weight is 280 g/mol. The first kappa shape index (κ1) is 13.2. The van der Waals surface area contributed by atoms with Gasteiger partial charge in [0.05, 0.1) is 7.11 Å². The standard InChI is InChI=1S/C17H15NO3/c1-21-14-6-7-16-15(8-14)13(11-19)9-18(16)10-17(20)12-4-2-3-5-12/h2-9,11,20H,10H2,1H3/p-1. The van der Waals surface area contributed by atoms with Crippen molar-refractivity contribution in [3.05, 3.63) is 65.6 Å². The van der Waals surface area contributed by atoms with Crippen LogP contribution in [0.2, 0.25) is 0 Å². The second-order valence-corrected chi connectivity index (χ2v) is 4.81. The van der Waals surface area contributed by atoms with Crippen LogP contribution < -0.4 is 9.84 Å². The SMILES string of the molecule is COc1ccc2c(c1)c(C=O)cn2CC([O-])=C1C=CC=C1. The second-order valence-electron chi connectivity index (χ2n) is 4.81. The number of aldehydes is 1. The van der Waals surface area contributed by atoms with Gasteiger partial charge in [-0.15, -0.1) is 5.76 Å². The van der Waals surface area contributed by atoms with Crippen molar-refractivity contribution in [3.63, 3.8) is 0 Å². The minimum Gasteiger partial charge on any atom is -0.874 e. The van der Waals surface area contributed by atoms with Gasteiger partial charge in [0.1, 0.15) is 5.75 Å². The maximum Gasteiger partial charge on any atom is 0.152 e. The largest absolute Gasteiger partial charge is 0.874 e. The van der Waals surface area contributed by atoms with Crippen LogP contribution in [0.3, 0.4) is 0 Å². The van der Waals surface area contributed by atoms with Gasteiger partial charge in [-0.25, -0.2) is 0 Å². The van der Waals surface area contributed by atoms with Crippen molar-refractivity contribution in [1.82, 2.24) is 4.57 Å². The molecule has 0 atom stereocenters. The summed E-state index contributed by atoms with van der Waals surface area (Å²) in [5.41, 5.74) is 2.08. The second kappa shape index (κ2) is 5.32. The molecule has 0 radical (unpaired) electrons. The van der Waals surface area contributed by atoms with Gasteiger partial charge in [-0.3, -0.25) is 4.79 Å². The molecule has 106 valence electrons. The zero-order valence-corrected chi connectivity index (χ0v) is 11.6. The fourth-order valence-corrected chi connectivity index (χ4v) is 2.46. The number of methoxy groups -OCH3 is 1. The Hall–Kier alpha value is -2.75. The maximum absolute atomic E-state index is 12.2. The fraction of sp³-hybridized carbons (Fsp3) is 0.118. The van der Waals surface area contributed by atoms with Crippen molar-refractivity contribution >= 4 is 17.2 Å². The summed E-state index contributed by atoms with van der Waals surface area (Å²) in [6.07, 6.45) is 9.75. The van der Waals surface area contributed by atoms with E-state index in [4.69, 9.17) is 4.74 Å². The summed E-state index contributed by atoms with van der Waals surface area (Å²) in [6, 6.07) is 5.49. The molecule has 0 amide bonds. The Labute approximate surface area is 122 Å². The molecule has 3 rings (SSSR count). The van der Waals surface area contributed by atoms with Crippen molar-refractivity contribution in [3.8, 4) is 5.75 Å². The number of aromatic nitrogens is 1. The van der Waals surface area contributed by atoms with Crippen molar-refractivity contribution in [2.45, 2.75) is 6.54 Å². The van der Waals surface area contributed by atoms with Crippen LogP contribution in [-0.2, 0) is 6.54 Å². The Balaban J connectivity index is 2.07. The van der Waals surface area contributed by atoms with Crippen LogP contribution in [0.4, 0.5) is 0 Å². The third kappa shape index (κ3) is 2.36. The number of rotatable bonds is 4. The zero-order valence-electron chi connectivity index (χ0n) is 11.6. The lowest BCUT2D eigenvalue weighted by Gasteiger charge is -2.16. The summed E-state index contributed by atoms with van der Waals surface area (Å²) in [7, 11) is 1.58. The molecule has 2 aromatic rings. The van der Waals surface area contributed by atoms with E-state index in [0.717, 1.165) is 17.2 Å². The van der Waals surface area contributed by atoms with E-state index in [0.29, 0.717) is 16.9 Å². The highest BCUT2D eigenvalue weighted by atomic mass is 16.5. The van der Waals surface area contributed by atoms with Gasteiger partial charge < -0.3 is 14.4 Å². The predicted molar refractivity (Wildman–Crippen MR) is 79.2 cm³/mol. The molecular formula is C17H14NO3-. The molecule has 0 bridgehead atoms. The number of carbonyl (C=O) groups is 1. The predicted octanol–water partition coefficient (Wildman–Crippen LogP) is 2.20. The summed E-state index contributed by atoms with van der Waals surface area (Å²) < 4.78 is 6.98. The quantitative estimate of drug-likeness (QED) is 0.637. The van der Waals surface area contributed by atoms with Crippen LogP contribution in [0, 0.1) is 0 Å². The van der Waals surface area contributed by atoms with Crippen molar-refractivity contribution in [2.24, 2.45) is 0 Å². The molecule has 0 aliphatic heterocycles. The molecule has 4 heteroatoms. The van der Waals surface area contributed by atoms with E-state index in [1.165, 1.54) is 0 Å². The van der Waals surface area contributed by atoms with Crippen LogP contribution in [0.5, 0.6) is 5.75 Å². The molecule has 4 nitrogen and oxygen atoms in total. The van der Waals surface area contributed by atoms with Gasteiger partial charge in [0, 0.05) is 29.2 Å². The summed E-state index contributed by atoms with van der Waals surface area (Å²) in [4.78, 5) is 11.2. The molecule has 1 aromatic carbocycles. The Morgan fingerprint density at radius 1 is 1.33 bits per heavy atom. The number of ether oxygens (including phenoxy) is 1. The molecule has 0 saturated heterocycles. The van der Waals surface area contributed by atoms with Crippen molar-refractivity contribution in [2.75, 3.05) is 7.11 Å². The Bertz CT molecular complexity index is 780. The summed E-state index contributed by atoms with van der Waals surface area (Å²) in [5.74, 6) is 0.705. The van der Waals surface area contributed by atoms with Gasteiger partial charge in [0.15, 0.2) is 6.29 Å². The van der Waals surface area contributed by atoms with E-state index in [2.05, 4.69) is 0 Å². The highest BCUT2D eigenvalue weighted by Gasteiger charge is 2.09. The van der Waals surface area contributed by atoms with Gasteiger partial charge in [0.2, 0.25) is 0 Å². The van der Waals surface area contributed by atoms with Crippen LogP contribution >= 0.6 is 0 Å². The number of carbonyl (C=O) groups excluding carboxylic acids is 1. The van der Waals surface area contributed by atoms with Crippen LogP contribution in [-0.4, -0.2) is 18.0 Å². The third-order valence-corrected chi connectivity index (χ3v) is 3.54. The summed E-state index contributed by atoms with van der Waals surface area (Å²) >= 11 is 0. The van der Waals surface area contributed by atoms with E-state index in [1.54, 1.807) is 30.0 Å². The highest BCUT2D eigenvalue weighted by Crippen LogP contribution is 2.26. The van der Waals surface area contributed by atoms with Gasteiger partial charge in [-0.1, -0.05) is 24.3 Å². The lowest BCUT2D eigenvalue weighted by atomic mass is 10.2. The van der Waals surface area contributed by atoms with E-state index >= 15 is 0 Å². The van der Waals surface area contributed by atoms with Crippen LogP contribution in [0.15, 0.2) is 60.0 Å². The number of nitrogens with zero attached hydrogens (tertiary/aromatic N) is 1. The van der Waals surface area contributed by atoms with E-state index in [1.807, 2.05) is 30.4 Å². The Morgan fingerprint density at radius 3 is 2.76 bits per heavy atom. The topological polar surface area (TPSA) is 54.3 Å². The number of hydrogen-bond donors (Lipinski definition) is 0. The van der Waals surface area contributed by atoms with E-state index < -0.39 is 0 Å². The van der Waals surface area contributed by atoms with Gasteiger partial charge in [0.25, 0.3) is 0 Å². The van der Waals surface area contributed by atoms with Gasteiger partial charge in [-0.05, 0) is 23.8 Å². The first-order chi connectivity index (χ1) is 10.2. The van der Waals surface area contributed by atoms with Crippen LogP contribution in [0.25, 0.3) is 10.9 Å². The molecule has 21 heavy (non-hydrogen) atoms. The lowest BCUT2D eigenvalue weighted by Crippen LogP contribution is -2.13. The molecule has 0 spiro atoms. The third-order valence-electron chi connectivity index (χ3n) is 3.54. The molecule has 0 saturated carbocycles. The number of allylic oxidation sites excluding steroid dienone is 6. The smallest absolute Gasteiger partial charge is 0.152 e. The molecule has 1 aliphatic carbocycles. The number of benzene rings is 1. The molecule has 1 heterocycles. The minimum absolute atomic E-state index is 0.0187. The normalized spacial score (nSPS) is 13.1. The number of hydrogen-bond acceptors (Lipinski definition) is 3. The summed E-state index contributed by atoms with van der Waals surface area (Å²) in [6.45, 7) is 0.209.